The third-order valence-corrected chi connectivity index (χ3v) is 4.17. The van der Waals surface area contributed by atoms with E-state index >= 15 is 0 Å². The van der Waals surface area contributed by atoms with Crippen LogP contribution >= 0.6 is 11.3 Å². The Labute approximate surface area is 96.9 Å². The minimum atomic E-state index is 0.664. The quantitative estimate of drug-likeness (QED) is 0.803. The molecule has 0 aliphatic heterocycles. The fourth-order valence-electron chi connectivity index (χ4n) is 2.39. The Bertz CT molecular complexity index is 262. The van der Waals surface area contributed by atoms with Gasteiger partial charge in [-0.2, -0.15) is 11.3 Å². The molecule has 84 valence electrons. The van der Waals surface area contributed by atoms with E-state index in [1.807, 2.05) is 0 Å². The standard InChI is InChI=1S/C13H21NS/c1-11(13-6-7-15-10-13)8-14-9-12-4-2-3-5-12/h6-7,10-12,14H,2-5,8-9H2,1H3. The second kappa shape index (κ2) is 5.66. The monoisotopic (exact) mass is 223 g/mol. The Balaban J connectivity index is 1.65. The highest BCUT2D eigenvalue weighted by atomic mass is 32.1. The van der Waals surface area contributed by atoms with Crippen LogP contribution in [0.15, 0.2) is 16.8 Å². The van der Waals surface area contributed by atoms with Crippen LogP contribution < -0.4 is 5.32 Å². The van der Waals surface area contributed by atoms with Gasteiger partial charge in [-0.3, -0.25) is 0 Å². The first kappa shape index (κ1) is 11.2. The van der Waals surface area contributed by atoms with E-state index in [9.17, 15) is 0 Å². The molecule has 1 aromatic rings. The van der Waals surface area contributed by atoms with Crippen LogP contribution in [0, 0.1) is 5.92 Å². The molecule has 15 heavy (non-hydrogen) atoms. The smallest absolute Gasteiger partial charge is 0.00179 e. The van der Waals surface area contributed by atoms with Crippen molar-refractivity contribution in [2.45, 2.75) is 38.5 Å². The predicted molar refractivity (Wildman–Crippen MR) is 67.6 cm³/mol. The molecule has 0 spiro atoms. The summed E-state index contributed by atoms with van der Waals surface area (Å²) in [6.07, 6.45) is 5.79. The molecule has 1 aliphatic rings. The van der Waals surface area contributed by atoms with Crippen LogP contribution in [0.1, 0.15) is 44.1 Å². The van der Waals surface area contributed by atoms with Gasteiger partial charge in [0.2, 0.25) is 0 Å². The first-order valence-electron chi connectivity index (χ1n) is 6.09. The summed E-state index contributed by atoms with van der Waals surface area (Å²) in [4.78, 5) is 0. The Morgan fingerprint density at radius 2 is 2.27 bits per heavy atom. The SMILES string of the molecule is CC(CNCC1CCCC1)c1ccsc1. The maximum absolute atomic E-state index is 3.62. The number of rotatable bonds is 5. The summed E-state index contributed by atoms with van der Waals surface area (Å²) in [7, 11) is 0. The molecule has 0 amide bonds. The number of hydrogen-bond acceptors (Lipinski definition) is 2. The van der Waals surface area contributed by atoms with Crippen molar-refractivity contribution in [2.75, 3.05) is 13.1 Å². The maximum Gasteiger partial charge on any atom is 0.00179 e. The normalized spacial score (nSPS) is 19.5. The number of thiophene rings is 1. The van der Waals surface area contributed by atoms with Gasteiger partial charge in [-0.15, -0.1) is 0 Å². The van der Waals surface area contributed by atoms with Gasteiger partial charge in [0.15, 0.2) is 0 Å². The molecule has 0 aromatic carbocycles. The molecule has 1 nitrogen and oxygen atoms in total. The Kier molecular flexibility index (Phi) is 4.21. The lowest BCUT2D eigenvalue weighted by Gasteiger charge is -2.14. The Morgan fingerprint density at radius 3 is 2.93 bits per heavy atom. The molecule has 1 heterocycles. The van der Waals surface area contributed by atoms with Crippen molar-refractivity contribution in [3.63, 3.8) is 0 Å². The van der Waals surface area contributed by atoms with Gasteiger partial charge in [-0.1, -0.05) is 19.8 Å². The lowest BCUT2D eigenvalue weighted by Crippen LogP contribution is -2.25. The topological polar surface area (TPSA) is 12.0 Å². The highest BCUT2D eigenvalue weighted by Gasteiger charge is 2.14. The number of hydrogen-bond donors (Lipinski definition) is 1. The summed E-state index contributed by atoms with van der Waals surface area (Å²) in [5, 5.41) is 8.06. The van der Waals surface area contributed by atoms with E-state index in [1.54, 1.807) is 11.3 Å². The van der Waals surface area contributed by atoms with E-state index in [-0.39, 0.29) is 0 Å². The van der Waals surface area contributed by atoms with E-state index in [0.29, 0.717) is 5.92 Å². The maximum atomic E-state index is 3.62. The molecule has 1 atom stereocenters. The van der Waals surface area contributed by atoms with E-state index in [2.05, 4.69) is 29.1 Å². The predicted octanol–water partition coefficient (Wildman–Crippen LogP) is 3.63. The summed E-state index contributed by atoms with van der Waals surface area (Å²) >= 11 is 1.80. The highest BCUT2D eigenvalue weighted by molar-refractivity contribution is 7.07. The van der Waals surface area contributed by atoms with Crippen molar-refractivity contribution in [1.29, 1.82) is 0 Å². The third-order valence-electron chi connectivity index (χ3n) is 3.47. The highest BCUT2D eigenvalue weighted by Crippen LogP contribution is 2.24. The molecular weight excluding hydrogens is 202 g/mol. The molecule has 2 rings (SSSR count). The van der Waals surface area contributed by atoms with Crippen LogP contribution in [0.2, 0.25) is 0 Å². The lowest BCUT2D eigenvalue weighted by atomic mass is 10.0. The lowest BCUT2D eigenvalue weighted by molar-refractivity contribution is 0.477. The van der Waals surface area contributed by atoms with Crippen LogP contribution in [-0.4, -0.2) is 13.1 Å². The second-order valence-corrected chi connectivity index (χ2v) is 5.55. The average molecular weight is 223 g/mol. The molecule has 1 saturated carbocycles. The molecule has 1 aliphatic carbocycles. The molecule has 0 saturated heterocycles. The van der Waals surface area contributed by atoms with Gasteiger partial charge >= 0.3 is 0 Å². The number of nitrogens with one attached hydrogen (secondary N) is 1. The van der Waals surface area contributed by atoms with Gasteiger partial charge in [0.25, 0.3) is 0 Å². The first-order chi connectivity index (χ1) is 7.36. The zero-order chi connectivity index (χ0) is 10.5. The van der Waals surface area contributed by atoms with Gasteiger partial charge in [0.05, 0.1) is 0 Å². The molecule has 1 aromatic heterocycles. The van der Waals surface area contributed by atoms with Gasteiger partial charge in [0.1, 0.15) is 0 Å². The van der Waals surface area contributed by atoms with Crippen molar-refractivity contribution >= 4 is 11.3 Å². The van der Waals surface area contributed by atoms with E-state index < -0.39 is 0 Å². The van der Waals surface area contributed by atoms with Crippen LogP contribution in [0.3, 0.4) is 0 Å². The molecule has 2 heteroatoms. The minimum Gasteiger partial charge on any atom is -0.316 e. The van der Waals surface area contributed by atoms with Crippen molar-refractivity contribution in [1.82, 2.24) is 5.32 Å². The van der Waals surface area contributed by atoms with Crippen molar-refractivity contribution in [3.8, 4) is 0 Å². The third kappa shape index (κ3) is 3.32. The van der Waals surface area contributed by atoms with Gasteiger partial charge in [-0.25, -0.2) is 0 Å². The van der Waals surface area contributed by atoms with Crippen LogP contribution in [-0.2, 0) is 0 Å². The molecular formula is C13H21NS. The fourth-order valence-corrected chi connectivity index (χ4v) is 3.17. The van der Waals surface area contributed by atoms with Crippen molar-refractivity contribution in [3.05, 3.63) is 22.4 Å². The first-order valence-corrected chi connectivity index (χ1v) is 7.03. The van der Waals surface area contributed by atoms with Crippen LogP contribution in [0.4, 0.5) is 0 Å². The molecule has 0 radical (unpaired) electrons. The van der Waals surface area contributed by atoms with Gasteiger partial charge in [-0.05, 0) is 53.6 Å². The van der Waals surface area contributed by atoms with Crippen LogP contribution in [0.5, 0.6) is 0 Å². The minimum absolute atomic E-state index is 0.664. The van der Waals surface area contributed by atoms with E-state index in [1.165, 1.54) is 37.8 Å². The summed E-state index contributed by atoms with van der Waals surface area (Å²) in [6.45, 7) is 4.67. The van der Waals surface area contributed by atoms with Crippen molar-refractivity contribution < 1.29 is 0 Å². The largest absolute Gasteiger partial charge is 0.316 e. The molecule has 1 fully saturated rings. The summed E-state index contributed by atoms with van der Waals surface area (Å²) in [5.74, 6) is 1.62. The summed E-state index contributed by atoms with van der Waals surface area (Å²) < 4.78 is 0. The van der Waals surface area contributed by atoms with E-state index in [4.69, 9.17) is 0 Å². The Hall–Kier alpha value is -0.340. The Morgan fingerprint density at radius 1 is 1.47 bits per heavy atom. The summed E-state index contributed by atoms with van der Waals surface area (Å²) in [6, 6.07) is 2.24. The van der Waals surface area contributed by atoms with Crippen LogP contribution in [0.25, 0.3) is 0 Å². The summed E-state index contributed by atoms with van der Waals surface area (Å²) in [5.41, 5.74) is 1.49. The van der Waals surface area contributed by atoms with Gasteiger partial charge in [0, 0.05) is 6.54 Å². The molecule has 1 N–H and O–H groups in total. The zero-order valence-electron chi connectivity index (χ0n) is 9.54. The fraction of sp³-hybridized carbons (Fsp3) is 0.692. The van der Waals surface area contributed by atoms with Gasteiger partial charge < -0.3 is 5.32 Å². The van der Waals surface area contributed by atoms with E-state index in [0.717, 1.165) is 12.5 Å². The van der Waals surface area contributed by atoms with Crippen molar-refractivity contribution in [2.24, 2.45) is 5.92 Å². The zero-order valence-corrected chi connectivity index (χ0v) is 10.4. The average Bonchev–Trinajstić information content (AvgIpc) is 2.90. The second-order valence-electron chi connectivity index (χ2n) is 4.77. The molecule has 0 bridgehead atoms. The molecule has 1 unspecified atom stereocenters.